The number of rotatable bonds is 5. The Labute approximate surface area is 147 Å². The largest absolute Gasteiger partial charge is 0.497 e. The number of carboxylic acids is 1. The van der Waals surface area contributed by atoms with Crippen molar-refractivity contribution in [1.82, 2.24) is 4.98 Å². The summed E-state index contributed by atoms with van der Waals surface area (Å²) in [6.45, 7) is 0. The van der Waals surface area contributed by atoms with Crippen LogP contribution in [0.5, 0.6) is 5.75 Å². The average Bonchev–Trinajstić information content (AvgIpc) is 3.01. The van der Waals surface area contributed by atoms with E-state index < -0.39 is 23.6 Å². The van der Waals surface area contributed by atoms with Crippen LogP contribution in [0.3, 0.4) is 0 Å². The summed E-state index contributed by atoms with van der Waals surface area (Å²) in [6, 6.07) is 10.1. The van der Waals surface area contributed by atoms with Gasteiger partial charge in [0.15, 0.2) is 0 Å². The number of aromatic nitrogens is 1. The second-order valence-corrected chi connectivity index (χ2v) is 5.93. The summed E-state index contributed by atoms with van der Waals surface area (Å²) in [5.41, 5.74) is 0.859. The van der Waals surface area contributed by atoms with Gasteiger partial charge in [-0.2, -0.15) is 13.2 Å². The highest BCUT2D eigenvalue weighted by molar-refractivity contribution is 5.86. The molecule has 1 atom stereocenters. The lowest BCUT2D eigenvalue weighted by Crippen LogP contribution is -2.10. The second kappa shape index (κ2) is 6.74. The molecule has 0 bridgehead atoms. The third-order valence-electron chi connectivity index (χ3n) is 4.29. The lowest BCUT2D eigenvalue weighted by molar-refractivity contribution is -0.138. The average molecular weight is 363 g/mol. The number of aromatic amines is 1. The number of ether oxygens (including phenoxy) is 1. The highest BCUT2D eigenvalue weighted by atomic mass is 19.4. The summed E-state index contributed by atoms with van der Waals surface area (Å²) >= 11 is 0. The molecule has 0 aliphatic heterocycles. The van der Waals surface area contributed by atoms with E-state index in [1.54, 1.807) is 24.4 Å². The number of nitrogens with one attached hydrogen (secondary N) is 1. The van der Waals surface area contributed by atoms with E-state index in [0.717, 1.165) is 17.6 Å². The smallest absolute Gasteiger partial charge is 0.416 e. The van der Waals surface area contributed by atoms with Crippen LogP contribution in [-0.2, 0) is 11.0 Å². The van der Waals surface area contributed by atoms with E-state index in [1.165, 1.54) is 19.2 Å². The van der Waals surface area contributed by atoms with Gasteiger partial charge in [-0.3, -0.25) is 4.79 Å². The molecule has 0 fully saturated rings. The van der Waals surface area contributed by atoms with Gasteiger partial charge in [-0.15, -0.1) is 0 Å². The normalized spacial score (nSPS) is 12.9. The fraction of sp³-hybridized carbons (Fsp3) is 0.211. The quantitative estimate of drug-likeness (QED) is 0.684. The number of halogens is 3. The summed E-state index contributed by atoms with van der Waals surface area (Å²) in [5, 5.41) is 10.0. The number of H-pyrrole nitrogens is 1. The molecule has 7 heteroatoms. The first-order valence-corrected chi connectivity index (χ1v) is 7.83. The molecule has 1 aromatic heterocycles. The van der Waals surface area contributed by atoms with Gasteiger partial charge in [-0.1, -0.05) is 18.2 Å². The Morgan fingerprint density at radius 3 is 2.65 bits per heavy atom. The van der Waals surface area contributed by atoms with Crippen molar-refractivity contribution in [1.29, 1.82) is 0 Å². The van der Waals surface area contributed by atoms with Crippen LogP contribution in [0.2, 0.25) is 0 Å². The van der Waals surface area contributed by atoms with Crippen molar-refractivity contribution in [3.05, 3.63) is 65.4 Å². The van der Waals surface area contributed by atoms with Crippen molar-refractivity contribution in [2.45, 2.75) is 18.5 Å². The first kappa shape index (κ1) is 17.8. The van der Waals surface area contributed by atoms with Crippen LogP contribution < -0.4 is 4.74 Å². The SMILES string of the molecule is COc1ccc2[nH]cc([C@@H](CC(=O)O)c3cccc(C(F)(F)F)c3)c2c1. The van der Waals surface area contributed by atoms with Gasteiger partial charge in [0.05, 0.1) is 19.1 Å². The summed E-state index contributed by atoms with van der Waals surface area (Å²) in [7, 11) is 1.51. The fourth-order valence-electron chi connectivity index (χ4n) is 3.05. The number of benzene rings is 2. The molecule has 26 heavy (non-hydrogen) atoms. The van der Waals surface area contributed by atoms with Gasteiger partial charge < -0.3 is 14.8 Å². The maximum Gasteiger partial charge on any atom is 0.416 e. The lowest BCUT2D eigenvalue weighted by atomic mass is 9.87. The number of carboxylic acid groups (broad SMARTS) is 1. The highest BCUT2D eigenvalue weighted by Crippen LogP contribution is 2.37. The minimum absolute atomic E-state index is 0.297. The van der Waals surface area contributed by atoms with Crippen LogP contribution in [-0.4, -0.2) is 23.2 Å². The standard InChI is InChI=1S/C19H16F3NO3/c1-26-13-5-6-17-15(8-13)16(10-23-17)14(9-18(24)25)11-3-2-4-12(7-11)19(20,21)22/h2-8,10,14,23H,9H2,1H3,(H,24,25)/t14-/m0/s1. The third-order valence-corrected chi connectivity index (χ3v) is 4.29. The number of aliphatic carboxylic acids is 1. The van der Waals surface area contributed by atoms with Gasteiger partial charge in [-0.25, -0.2) is 0 Å². The minimum Gasteiger partial charge on any atom is -0.497 e. The number of alkyl halides is 3. The Bertz CT molecular complexity index is 947. The first-order chi connectivity index (χ1) is 12.3. The van der Waals surface area contributed by atoms with E-state index in [4.69, 9.17) is 4.74 Å². The molecule has 0 aliphatic carbocycles. The van der Waals surface area contributed by atoms with Crippen molar-refractivity contribution in [3.63, 3.8) is 0 Å². The molecule has 1 heterocycles. The maximum absolute atomic E-state index is 13.0. The minimum atomic E-state index is -4.49. The van der Waals surface area contributed by atoms with E-state index in [2.05, 4.69) is 4.98 Å². The van der Waals surface area contributed by atoms with Crippen molar-refractivity contribution in [2.75, 3.05) is 7.11 Å². The molecule has 0 unspecified atom stereocenters. The lowest BCUT2D eigenvalue weighted by Gasteiger charge is -2.17. The van der Waals surface area contributed by atoms with Crippen molar-refractivity contribution in [3.8, 4) is 5.75 Å². The van der Waals surface area contributed by atoms with E-state index in [0.29, 0.717) is 22.3 Å². The molecular formula is C19H16F3NO3. The van der Waals surface area contributed by atoms with E-state index in [1.807, 2.05) is 0 Å². The first-order valence-electron chi connectivity index (χ1n) is 7.83. The zero-order valence-electron chi connectivity index (χ0n) is 13.8. The van der Waals surface area contributed by atoms with Crippen LogP contribution >= 0.6 is 0 Å². The van der Waals surface area contributed by atoms with Crippen molar-refractivity contribution < 1.29 is 27.8 Å². The molecule has 3 aromatic rings. The number of methoxy groups -OCH3 is 1. The molecule has 2 aromatic carbocycles. The molecule has 0 saturated heterocycles. The van der Waals surface area contributed by atoms with E-state index in [-0.39, 0.29) is 6.42 Å². The van der Waals surface area contributed by atoms with Gasteiger partial charge in [0, 0.05) is 23.0 Å². The molecule has 0 amide bonds. The molecule has 4 nitrogen and oxygen atoms in total. The third kappa shape index (κ3) is 3.51. The molecule has 136 valence electrons. The van der Waals surface area contributed by atoms with Crippen molar-refractivity contribution >= 4 is 16.9 Å². The molecule has 3 rings (SSSR count). The van der Waals surface area contributed by atoms with E-state index in [9.17, 15) is 23.1 Å². The molecule has 0 aliphatic rings. The van der Waals surface area contributed by atoms with Gasteiger partial charge in [0.25, 0.3) is 0 Å². The predicted molar refractivity (Wildman–Crippen MR) is 90.4 cm³/mol. The van der Waals surface area contributed by atoms with Crippen LogP contribution in [0, 0.1) is 0 Å². The van der Waals surface area contributed by atoms with Crippen LogP contribution in [0.25, 0.3) is 10.9 Å². The van der Waals surface area contributed by atoms with Gasteiger partial charge in [0.1, 0.15) is 5.75 Å². The number of fused-ring (bicyclic) bond motifs is 1. The molecular weight excluding hydrogens is 347 g/mol. The number of carbonyl (C=O) groups is 1. The Kier molecular flexibility index (Phi) is 4.63. The molecule has 0 radical (unpaired) electrons. The second-order valence-electron chi connectivity index (χ2n) is 5.93. The summed E-state index contributed by atoms with van der Waals surface area (Å²) in [4.78, 5) is 14.4. The van der Waals surface area contributed by atoms with Gasteiger partial charge in [0.2, 0.25) is 0 Å². The topological polar surface area (TPSA) is 62.3 Å². The predicted octanol–water partition coefficient (Wildman–Crippen LogP) is 4.80. The van der Waals surface area contributed by atoms with Crippen molar-refractivity contribution in [2.24, 2.45) is 0 Å². The summed E-state index contributed by atoms with van der Waals surface area (Å²) < 4.78 is 44.3. The molecule has 0 saturated carbocycles. The zero-order chi connectivity index (χ0) is 18.9. The monoisotopic (exact) mass is 363 g/mol. The van der Waals surface area contributed by atoms with Crippen LogP contribution in [0.4, 0.5) is 13.2 Å². The van der Waals surface area contributed by atoms with E-state index >= 15 is 0 Å². The Balaban J connectivity index is 2.14. The van der Waals surface area contributed by atoms with Crippen LogP contribution in [0.1, 0.15) is 29.0 Å². The maximum atomic E-state index is 13.0. The summed E-state index contributed by atoms with van der Waals surface area (Å²) in [5.74, 6) is -1.24. The zero-order valence-corrected chi connectivity index (χ0v) is 13.8. The Morgan fingerprint density at radius 1 is 1.23 bits per heavy atom. The summed E-state index contributed by atoms with van der Waals surface area (Å²) in [6.07, 6.45) is -3.18. The highest BCUT2D eigenvalue weighted by Gasteiger charge is 2.31. The molecule has 0 spiro atoms. The number of hydrogen-bond acceptors (Lipinski definition) is 2. The van der Waals surface area contributed by atoms with Crippen LogP contribution in [0.15, 0.2) is 48.7 Å². The van der Waals surface area contributed by atoms with Gasteiger partial charge >= 0.3 is 12.1 Å². The van der Waals surface area contributed by atoms with Gasteiger partial charge in [-0.05, 0) is 35.4 Å². The Hall–Kier alpha value is -2.96. The fourth-order valence-corrected chi connectivity index (χ4v) is 3.05. The molecule has 2 N–H and O–H groups in total. The number of hydrogen-bond donors (Lipinski definition) is 2. The Morgan fingerprint density at radius 2 is 2.00 bits per heavy atom.